The van der Waals surface area contributed by atoms with Crippen LogP contribution in [-0.2, 0) is 0 Å². The number of amides is 1. The number of aromatic nitrogens is 2. The maximum Gasteiger partial charge on any atom is 0.276 e. The maximum absolute atomic E-state index is 13.3. The molecule has 0 aliphatic carbocycles. The average molecular weight is 401 g/mol. The van der Waals surface area contributed by atoms with Crippen LogP contribution in [0.15, 0.2) is 84.0 Å². The Morgan fingerprint density at radius 3 is 2.48 bits per heavy atom. The molecular formula is C23H17ClN4O. The van der Waals surface area contributed by atoms with Crippen molar-refractivity contribution in [1.29, 1.82) is 0 Å². The van der Waals surface area contributed by atoms with Gasteiger partial charge in [-0.05, 0) is 29.8 Å². The monoisotopic (exact) mass is 400 g/mol. The summed E-state index contributed by atoms with van der Waals surface area (Å²) in [4.78, 5) is 21.4. The molecule has 29 heavy (non-hydrogen) atoms. The maximum atomic E-state index is 13.3. The van der Waals surface area contributed by atoms with Crippen molar-refractivity contribution in [3.05, 3.63) is 101 Å². The third-order valence-electron chi connectivity index (χ3n) is 5.05. The van der Waals surface area contributed by atoms with E-state index in [-0.39, 0.29) is 11.9 Å². The van der Waals surface area contributed by atoms with Crippen LogP contribution in [-0.4, -0.2) is 26.6 Å². The van der Waals surface area contributed by atoms with Crippen molar-refractivity contribution in [2.75, 3.05) is 0 Å². The van der Waals surface area contributed by atoms with E-state index in [2.05, 4.69) is 10.1 Å². The van der Waals surface area contributed by atoms with Gasteiger partial charge < -0.3 is 4.98 Å². The highest BCUT2D eigenvalue weighted by atomic mass is 35.5. The van der Waals surface area contributed by atoms with Crippen LogP contribution < -0.4 is 0 Å². The summed E-state index contributed by atoms with van der Waals surface area (Å²) >= 11 is 6.29. The molecule has 0 saturated carbocycles. The van der Waals surface area contributed by atoms with Crippen LogP contribution in [0.4, 0.5) is 0 Å². The Bertz CT molecular complexity index is 1200. The lowest BCUT2D eigenvalue weighted by atomic mass is 10.0. The van der Waals surface area contributed by atoms with Crippen LogP contribution in [0, 0.1) is 0 Å². The van der Waals surface area contributed by atoms with Crippen LogP contribution in [0.25, 0.3) is 11.0 Å². The zero-order chi connectivity index (χ0) is 19.8. The van der Waals surface area contributed by atoms with Crippen molar-refractivity contribution in [3.8, 4) is 0 Å². The number of carbonyl (C=O) groups is 1. The number of aromatic amines is 1. The number of carbonyl (C=O) groups excluding carboxylic acids is 1. The molecule has 4 aromatic rings. The second-order valence-electron chi connectivity index (χ2n) is 6.90. The average Bonchev–Trinajstić information content (AvgIpc) is 3.38. The molecule has 1 aliphatic rings. The van der Waals surface area contributed by atoms with Gasteiger partial charge in [-0.3, -0.25) is 4.79 Å². The third kappa shape index (κ3) is 3.19. The predicted molar refractivity (Wildman–Crippen MR) is 114 cm³/mol. The number of hydrogen-bond acceptors (Lipinski definition) is 3. The molecule has 1 N–H and O–H groups in total. The summed E-state index contributed by atoms with van der Waals surface area (Å²) in [6.45, 7) is 0. The number of hydrogen-bond donors (Lipinski definition) is 1. The minimum absolute atomic E-state index is 0.244. The number of nitrogens with one attached hydrogen (secondary N) is 1. The zero-order valence-corrected chi connectivity index (χ0v) is 16.2. The third-order valence-corrected chi connectivity index (χ3v) is 5.38. The van der Waals surface area contributed by atoms with E-state index in [1.165, 1.54) is 5.01 Å². The van der Waals surface area contributed by atoms with Crippen LogP contribution >= 0.6 is 11.6 Å². The van der Waals surface area contributed by atoms with Crippen molar-refractivity contribution >= 4 is 34.3 Å². The predicted octanol–water partition coefficient (Wildman–Crippen LogP) is 5.21. The number of rotatable bonds is 3. The van der Waals surface area contributed by atoms with Gasteiger partial charge in [0.1, 0.15) is 11.9 Å². The Kier molecular flexibility index (Phi) is 4.37. The molecule has 0 fully saturated rings. The van der Waals surface area contributed by atoms with E-state index in [0.717, 1.165) is 22.3 Å². The molecule has 2 heterocycles. The largest absolute Gasteiger partial charge is 0.340 e. The Labute approximate surface area is 172 Å². The number of fused-ring (bicyclic) bond motifs is 1. The minimum Gasteiger partial charge on any atom is -0.340 e. The number of imidazole rings is 1. The molecular weight excluding hydrogens is 384 g/mol. The fraction of sp³-hybridized carbons (Fsp3) is 0.0870. The lowest BCUT2D eigenvalue weighted by Gasteiger charge is -2.20. The molecule has 0 radical (unpaired) electrons. The summed E-state index contributed by atoms with van der Waals surface area (Å²) in [5, 5.41) is 6.59. The Morgan fingerprint density at radius 2 is 1.69 bits per heavy atom. The number of hydrazone groups is 1. The van der Waals surface area contributed by atoms with Gasteiger partial charge in [0.25, 0.3) is 5.91 Å². The van der Waals surface area contributed by atoms with Crippen molar-refractivity contribution < 1.29 is 4.79 Å². The van der Waals surface area contributed by atoms with E-state index in [4.69, 9.17) is 16.6 Å². The molecule has 5 nitrogen and oxygen atoms in total. The standard InChI is InChI=1S/C23H17ClN4O/c24-17-11-5-4-10-16(17)23(29)28-21(14-20(27-28)15-8-2-1-3-9-15)22-25-18-12-6-7-13-19(18)26-22/h1-13,21H,14H2,(H,25,26). The first-order valence-electron chi connectivity index (χ1n) is 9.36. The minimum atomic E-state index is -0.332. The van der Waals surface area contributed by atoms with Gasteiger partial charge in [-0.2, -0.15) is 5.10 Å². The van der Waals surface area contributed by atoms with Crippen molar-refractivity contribution in [1.82, 2.24) is 15.0 Å². The number of nitrogens with zero attached hydrogens (tertiary/aromatic N) is 3. The van der Waals surface area contributed by atoms with E-state index in [1.807, 2.05) is 54.6 Å². The SMILES string of the molecule is O=C(c1ccccc1Cl)N1N=C(c2ccccc2)CC1c1nc2ccccc2[nH]1. The van der Waals surface area contributed by atoms with Gasteiger partial charge in [-0.1, -0.05) is 66.2 Å². The van der Waals surface area contributed by atoms with Gasteiger partial charge in [0.05, 0.1) is 27.3 Å². The molecule has 3 aromatic carbocycles. The highest BCUT2D eigenvalue weighted by Gasteiger charge is 2.36. The van der Waals surface area contributed by atoms with E-state index in [9.17, 15) is 4.79 Å². The normalized spacial score (nSPS) is 16.2. The van der Waals surface area contributed by atoms with E-state index in [0.29, 0.717) is 22.8 Å². The Balaban J connectivity index is 1.59. The molecule has 1 atom stereocenters. The quantitative estimate of drug-likeness (QED) is 0.513. The number of para-hydroxylation sites is 2. The van der Waals surface area contributed by atoms with Gasteiger partial charge >= 0.3 is 0 Å². The van der Waals surface area contributed by atoms with Gasteiger partial charge in [0, 0.05) is 6.42 Å². The molecule has 1 aliphatic heterocycles. The molecule has 1 amide bonds. The van der Waals surface area contributed by atoms with Gasteiger partial charge in [0.2, 0.25) is 0 Å². The second-order valence-corrected chi connectivity index (χ2v) is 7.31. The van der Waals surface area contributed by atoms with Crippen molar-refractivity contribution in [3.63, 3.8) is 0 Å². The highest BCUT2D eigenvalue weighted by molar-refractivity contribution is 6.33. The van der Waals surface area contributed by atoms with Crippen LogP contribution in [0.5, 0.6) is 0 Å². The lowest BCUT2D eigenvalue weighted by Crippen LogP contribution is -2.28. The molecule has 0 bridgehead atoms. The first kappa shape index (κ1) is 17.6. The fourth-order valence-electron chi connectivity index (χ4n) is 3.60. The van der Waals surface area contributed by atoms with Crippen LogP contribution in [0.2, 0.25) is 5.02 Å². The van der Waals surface area contributed by atoms with Gasteiger partial charge in [-0.15, -0.1) is 0 Å². The fourth-order valence-corrected chi connectivity index (χ4v) is 3.82. The van der Waals surface area contributed by atoms with Crippen LogP contribution in [0.3, 0.4) is 0 Å². The van der Waals surface area contributed by atoms with E-state index in [1.54, 1.807) is 24.3 Å². The Hall–Kier alpha value is -3.44. The summed E-state index contributed by atoms with van der Waals surface area (Å²) in [7, 11) is 0. The summed E-state index contributed by atoms with van der Waals surface area (Å²) < 4.78 is 0. The number of halogens is 1. The zero-order valence-electron chi connectivity index (χ0n) is 15.4. The Morgan fingerprint density at radius 1 is 0.966 bits per heavy atom. The van der Waals surface area contributed by atoms with E-state index >= 15 is 0 Å². The highest BCUT2D eigenvalue weighted by Crippen LogP contribution is 2.34. The van der Waals surface area contributed by atoms with Gasteiger partial charge in [0.15, 0.2) is 0 Å². The second kappa shape index (κ2) is 7.18. The molecule has 1 aromatic heterocycles. The number of benzene rings is 3. The summed E-state index contributed by atoms with van der Waals surface area (Å²) in [5.41, 5.74) is 4.05. The van der Waals surface area contributed by atoms with E-state index < -0.39 is 0 Å². The molecule has 6 heteroatoms. The summed E-state index contributed by atoms with van der Waals surface area (Å²) in [6, 6.07) is 24.4. The summed E-state index contributed by atoms with van der Waals surface area (Å²) in [5.74, 6) is 0.466. The summed E-state index contributed by atoms with van der Waals surface area (Å²) in [6.07, 6.45) is 0.569. The first-order chi connectivity index (χ1) is 14.2. The van der Waals surface area contributed by atoms with Crippen LogP contribution in [0.1, 0.15) is 34.2 Å². The van der Waals surface area contributed by atoms with Gasteiger partial charge in [-0.25, -0.2) is 9.99 Å². The molecule has 0 spiro atoms. The van der Waals surface area contributed by atoms with Crippen molar-refractivity contribution in [2.24, 2.45) is 5.10 Å². The first-order valence-corrected chi connectivity index (χ1v) is 9.74. The number of H-pyrrole nitrogens is 1. The molecule has 0 saturated heterocycles. The smallest absolute Gasteiger partial charge is 0.276 e. The molecule has 5 rings (SSSR count). The molecule has 1 unspecified atom stereocenters. The molecule has 142 valence electrons. The topological polar surface area (TPSA) is 61.4 Å². The van der Waals surface area contributed by atoms with Crippen molar-refractivity contribution in [2.45, 2.75) is 12.5 Å². The lowest BCUT2D eigenvalue weighted by molar-refractivity contribution is 0.0705.